The van der Waals surface area contributed by atoms with Crippen LogP contribution < -0.4 is 16.0 Å². The molecule has 3 aliphatic rings. The van der Waals surface area contributed by atoms with Gasteiger partial charge in [-0.3, -0.25) is 25.0 Å². The molecule has 2 atom stereocenters. The summed E-state index contributed by atoms with van der Waals surface area (Å²) >= 11 is 7.01. The molecule has 0 radical (unpaired) electrons. The molecule has 4 N–H and O–H groups in total. The number of carbonyl (C=O) groups is 1. The highest BCUT2D eigenvalue weighted by Gasteiger charge is 2.61. The van der Waals surface area contributed by atoms with Gasteiger partial charge in [0.15, 0.2) is 0 Å². The van der Waals surface area contributed by atoms with Gasteiger partial charge in [0.1, 0.15) is 10.3 Å². The van der Waals surface area contributed by atoms with Crippen molar-refractivity contribution in [2.45, 2.75) is 24.7 Å². The molecule has 4 rings (SSSR count). The fourth-order valence-electron chi connectivity index (χ4n) is 3.45. The first-order valence-corrected chi connectivity index (χ1v) is 7.68. The third-order valence-corrected chi connectivity index (χ3v) is 6.12. The first kappa shape index (κ1) is 11.8. The molecule has 100 valence electrons. The molecule has 19 heavy (non-hydrogen) atoms. The van der Waals surface area contributed by atoms with Gasteiger partial charge in [0, 0.05) is 13.0 Å². The van der Waals surface area contributed by atoms with E-state index in [1.165, 1.54) is 0 Å². The minimum atomic E-state index is -0.435. The molecule has 1 amide bonds. The molecular weight excluding hydrogens is 378 g/mol. The lowest BCUT2D eigenvalue weighted by Gasteiger charge is -2.40. The number of fused-ring (bicyclic) bond motifs is 2. The van der Waals surface area contributed by atoms with Crippen LogP contribution >= 0.6 is 31.9 Å². The summed E-state index contributed by atoms with van der Waals surface area (Å²) in [6, 6.07) is 1.85. The van der Waals surface area contributed by atoms with Crippen molar-refractivity contribution in [3.8, 4) is 0 Å². The molecule has 6 nitrogen and oxygen atoms in total. The summed E-state index contributed by atoms with van der Waals surface area (Å²) in [6.07, 6.45) is 1.79. The van der Waals surface area contributed by atoms with E-state index in [4.69, 9.17) is 5.73 Å². The number of guanidine groups is 1. The predicted molar refractivity (Wildman–Crippen MR) is 75.2 cm³/mol. The van der Waals surface area contributed by atoms with Gasteiger partial charge >= 0.3 is 5.96 Å². The number of nitrogens with two attached hydrogens (primary N) is 1. The van der Waals surface area contributed by atoms with E-state index in [1.54, 1.807) is 0 Å². The topological polar surface area (TPSA) is 77.3 Å². The van der Waals surface area contributed by atoms with E-state index in [0.29, 0.717) is 11.7 Å². The molecule has 0 aliphatic carbocycles. The Bertz CT molecular complexity index is 639. The number of hydrogen-bond acceptors (Lipinski definition) is 3. The highest BCUT2D eigenvalue weighted by Crippen LogP contribution is 2.43. The van der Waals surface area contributed by atoms with Crippen LogP contribution in [-0.4, -0.2) is 33.5 Å². The Labute approximate surface area is 126 Å². The molecule has 4 heterocycles. The fourth-order valence-corrected chi connectivity index (χ4v) is 4.36. The molecule has 3 aliphatic heterocycles. The second-order valence-corrected chi connectivity index (χ2v) is 6.71. The van der Waals surface area contributed by atoms with Gasteiger partial charge in [-0.2, -0.15) is 0 Å². The molecule has 1 saturated heterocycles. The average Bonchev–Trinajstić information content (AvgIpc) is 2.99. The largest absolute Gasteiger partial charge is 0.345 e. The van der Waals surface area contributed by atoms with Gasteiger partial charge in [-0.1, -0.05) is 0 Å². The molecule has 8 heteroatoms. The number of halogens is 2. The maximum absolute atomic E-state index is 12.7. The van der Waals surface area contributed by atoms with Gasteiger partial charge in [-0.05, 0) is 44.3 Å². The molecular formula is C11H12Br2N5O+. The minimum Gasteiger partial charge on any atom is -0.298 e. The Kier molecular flexibility index (Phi) is 2.20. The van der Waals surface area contributed by atoms with E-state index in [1.807, 2.05) is 15.5 Å². The van der Waals surface area contributed by atoms with Crippen LogP contribution in [0.5, 0.6) is 0 Å². The third kappa shape index (κ3) is 1.26. The number of carbonyl (C=O) groups excluding carboxylic acids is 1. The maximum Gasteiger partial charge on any atom is 0.345 e. The number of nitrogens with one attached hydrogen (secondary N) is 2. The van der Waals surface area contributed by atoms with Gasteiger partial charge in [0.05, 0.1) is 4.47 Å². The smallest absolute Gasteiger partial charge is 0.298 e. The van der Waals surface area contributed by atoms with E-state index in [0.717, 1.165) is 28.5 Å². The number of amides is 1. The first-order valence-electron chi connectivity index (χ1n) is 6.10. The minimum absolute atomic E-state index is 0.0455. The molecule has 1 fully saturated rings. The number of hydrogen-bond donors (Lipinski definition) is 3. The number of nitrogens with zero attached hydrogens (tertiary/aromatic N) is 2. The summed E-state index contributed by atoms with van der Waals surface area (Å²) in [5, 5.41) is 3.27. The molecule has 0 saturated carbocycles. The van der Waals surface area contributed by atoms with Crippen LogP contribution in [0.4, 0.5) is 0 Å². The quantitative estimate of drug-likeness (QED) is 0.557. The van der Waals surface area contributed by atoms with E-state index < -0.39 is 5.66 Å². The van der Waals surface area contributed by atoms with Crippen molar-refractivity contribution >= 4 is 43.7 Å². The summed E-state index contributed by atoms with van der Waals surface area (Å²) in [5.41, 5.74) is 6.16. The van der Waals surface area contributed by atoms with Crippen LogP contribution in [0.25, 0.3) is 0 Å². The lowest BCUT2D eigenvalue weighted by Crippen LogP contribution is -2.79. The summed E-state index contributed by atoms with van der Waals surface area (Å²) in [5.74, 6) is 0.568. The number of rotatable bonds is 0. The van der Waals surface area contributed by atoms with Gasteiger partial charge in [0.25, 0.3) is 5.91 Å². The van der Waals surface area contributed by atoms with Gasteiger partial charge in [0.2, 0.25) is 11.8 Å². The van der Waals surface area contributed by atoms with Gasteiger partial charge in [-0.25, -0.2) is 5.32 Å². The van der Waals surface area contributed by atoms with Crippen LogP contribution in [0, 0.1) is 0 Å². The van der Waals surface area contributed by atoms with Crippen molar-refractivity contribution in [1.29, 1.82) is 0 Å². The Morgan fingerprint density at radius 2 is 2.32 bits per heavy atom. The molecule has 0 unspecified atom stereocenters. The van der Waals surface area contributed by atoms with Crippen molar-refractivity contribution in [2.24, 2.45) is 5.73 Å². The zero-order chi connectivity index (χ0) is 13.4. The zero-order valence-electron chi connectivity index (χ0n) is 9.91. The third-order valence-electron chi connectivity index (χ3n) is 4.17. The lowest BCUT2D eigenvalue weighted by atomic mass is 10.0. The Hall–Kier alpha value is -1.02. The fraction of sp³-hybridized carbons (Fsp3) is 0.455. The Morgan fingerprint density at radius 1 is 1.53 bits per heavy atom. The highest BCUT2D eigenvalue weighted by molar-refractivity contribution is 9.13. The second kappa shape index (κ2) is 3.54. The SMILES string of the molecule is NC1=[NH+][C@@H]2n3c(cc(Br)c3Br)C(=O)N3CCC[C@@]23N1. The van der Waals surface area contributed by atoms with E-state index in [-0.39, 0.29) is 12.1 Å². The van der Waals surface area contributed by atoms with Crippen molar-refractivity contribution in [2.75, 3.05) is 6.54 Å². The van der Waals surface area contributed by atoms with Gasteiger partial charge < -0.3 is 0 Å². The van der Waals surface area contributed by atoms with Crippen molar-refractivity contribution < 1.29 is 9.79 Å². The Balaban J connectivity index is 2.01. The van der Waals surface area contributed by atoms with E-state index >= 15 is 0 Å². The van der Waals surface area contributed by atoms with Crippen LogP contribution in [0.2, 0.25) is 0 Å². The second-order valence-electron chi connectivity index (χ2n) is 5.11. The van der Waals surface area contributed by atoms with Crippen molar-refractivity contribution in [1.82, 2.24) is 14.8 Å². The highest BCUT2D eigenvalue weighted by atomic mass is 79.9. The summed E-state index contributed by atoms with van der Waals surface area (Å²) in [4.78, 5) is 17.8. The molecule has 1 aromatic rings. The normalized spacial score (nSPS) is 31.7. The van der Waals surface area contributed by atoms with Crippen molar-refractivity contribution in [3.63, 3.8) is 0 Å². The standard InChI is InChI=1S/C11H11Br2N5O/c12-5-4-6-8(19)17-3-1-2-11(17)9(15-10(14)16-11)18(6)7(5)13/h4,9H,1-3H2,(H3,14,15,16)/p+1/t9-,11+/m1/s1. The van der Waals surface area contributed by atoms with Crippen LogP contribution in [0.3, 0.4) is 0 Å². The van der Waals surface area contributed by atoms with E-state index in [9.17, 15) is 4.79 Å². The average molecular weight is 390 g/mol. The number of aromatic nitrogens is 1. The summed E-state index contributed by atoms with van der Waals surface area (Å²) in [6.45, 7) is 0.762. The molecule has 0 bridgehead atoms. The molecule has 1 aromatic heterocycles. The summed E-state index contributed by atoms with van der Waals surface area (Å²) in [7, 11) is 0. The lowest BCUT2D eigenvalue weighted by molar-refractivity contribution is -0.537. The monoisotopic (exact) mass is 388 g/mol. The van der Waals surface area contributed by atoms with Crippen LogP contribution in [0.1, 0.15) is 29.5 Å². The van der Waals surface area contributed by atoms with Crippen LogP contribution in [0.15, 0.2) is 15.1 Å². The Morgan fingerprint density at radius 3 is 3.11 bits per heavy atom. The van der Waals surface area contributed by atoms with Gasteiger partial charge in [-0.15, -0.1) is 0 Å². The zero-order valence-corrected chi connectivity index (χ0v) is 13.1. The maximum atomic E-state index is 12.7. The molecule has 1 spiro atoms. The predicted octanol–water partition coefficient (Wildman–Crippen LogP) is -0.544. The van der Waals surface area contributed by atoms with Crippen molar-refractivity contribution in [3.05, 3.63) is 20.8 Å². The first-order chi connectivity index (χ1) is 9.04. The molecule has 0 aromatic carbocycles. The van der Waals surface area contributed by atoms with E-state index in [2.05, 4.69) is 42.2 Å². The summed E-state index contributed by atoms with van der Waals surface area (Å²) < 4.78 is 3.70. The van der Waals surface area contributed by atoms with Crippen LogP contribution in [-0.2, 0) is 0 Å².